The topological polar surface area (TPSA) is 103 Å². The molecule has 3 aromatic rings. The van der Waals surface area contributed by atoms with E-state index in [0.29, 0.717) is 37.3 Å². The highest BCUT2D eigenvalue weighted by atomic mass is 16.4. The number of nitrogens with zero attached hydrogens (tertiary/aromatic N) is 1. The average Bonchev–Trinajstić information content (AvgIpc) is 3.46. The van der Waals surface area contributed by atoms with Crippen LogP contribution in [0.25, 0.3) is 0 Å². The molecule has 1 spiro atoms. The van der Waals surface area contributed by atoms with Gasteiger partial charge < -0.3 is 24.8 Å². The summed E-state index contributed by atoms with van der Waals surface area (Å²) in [5, 5.41) is 24.4. The van der Waals surface area contributed by atoms with Crippen molar-refractivity contribution < 1.29 is 24.2 Å². The molecule has 1 saturated heterocycles. The van der Waals surface area contributed by atoms with Crippen molar-refractivity contribution in [1.82, 2.24) is 10.2 Å². The fraction of sp³-hybridized carbons (Fsp3) is 0.333. The van der Waals surface area contributed by atoms with E-state index in [2.05, 4.69) is 17.2 Å². The van der Waals surface area contributed by atoms with Crippen LogP contribution in [0.5, 0.6) is 0 Å². The minimum atomic E-state index is -1.16. The number of piperidine rings is 1. The van der Waals surface area contributed by atoms with Crippen molar-refractivity contribution in [2.45, 2.75) is 49.9 Å². The lowest BCUT2D eigenvalue weighted by Gasteiger charge is -2.42. The summed E-state index contributed by atoms with van der Waals surface area (Å²) in [5.41, 5.74) is 0.762. The van der Waals surface area contributed by atoms with Crippen LogP contribution in [0.1, 0.15) is 70.5 Å². The number of carbonyl (C=O) groups is 2. The molecule has 7 heteroatoms. The molecule has 0 saturated carbocycles. The lowest BCUT2D eigenvalue weighted by Crippen LogP contribution is -2.51. The van der Waals surface area contributed by atoms with Gasteiger partial charge in [0.1, 0.15) is 5.60 Å². The lowest BCUT2D eigenvalue weighted by atomic mass is 9.72. The van der Waals surface area contributed by atoms with Crippen LogP contribution in [-0.2, 0) is 5.41 Å². The Morgan fingerprint density at radius 2 is 1.70 bits per heavy atom. The molecule has 0 bridgehead atoms. The summed E-state index contributed by atoms with van der Waals surface area (Å²) in [6, 6.07) is 19.5. The van der Waals surface area contributed by atoms with Crippen LogP contribution >= 0.6 is 0 Å². The monoisotopic (exact) mass is 498 g/mol. The molecule has 2 heterocycles. The first-order chi connectivity index (χ1) is 17.7. The number of benzene rings is 2. The SMILES string of the molecule is CC(C)(O)C#Cc1ccc(C(=O)N2CCC3(CC2)c2ccccc2[C@@H](NC(=O)c2ccccc2)[C@@H]3O)o1. The van der Waals surface area contributed by atoms with Crippen molar-refractivity contribution in [2.24, 2.45) is 0 Å². The Hall–Kier alpha value is -3.86. The Kier molecular flexibility index (Phi) is 6.40. The molecule has 2 amide bonds. The van der Waals surface area contributed by atoms with Crippen LogP contribution in [0.4, 0.5) is 0 Å². The molecule has 190 valence electrons. The zero-order chi connectivity index (χ0) is 26.2. The highest BCUT2D eigenvalue weighted by Crippen LogP contribution is 2.51. The number of nitrogens with one attached hydrogen (secondary N) is 1. The van der Waals surface area contributed by atoms with E-state index in [0.717, 1.165) is 11.1 Å². The number of hydrogen-bond donors (Lipinski definition) is 3. The number of likely N-dealkylation sites (tertiary alicyclic amines) is 1. The fourth-order valence-corrected chi connectivity index (χ4v) is 5.41. The zero-order valence-corrected chi connectivity index (χ0v) is 20.9. The van der Waals surface area contributed by atoms with E-state index in [-0.39, 0.29) is 17.6 Å². The van der Waals surface area contributed by atoms with E-state index in [1.807, 2.05) is 42.5 Å². The van der Waals surface area contributed by atoms with E-state index >= 15 is 0 Å². The molecule has 1 aromatic heterocycles. The van der Waals surface area contributed by atoms with Gasteiger partial charge in [-0.3, -0.25) is 9.59 Å². The molecular weight excluding hydrogens is 468 g/mol. The molecule has 1 aliphatic carbocycles. The van der Waals surface area contributed by atoms with Crippen molar-refractivity contribution in [2.75, 3.05) is 13.1 Å². The molecule has 2 aliphatic rings. The van der Waals surface area contributed by atoms with E-state index < -0.39 is 23.2 Å². The van der Waals surface area contributed by atoms with Gasteiger partial charge in [-0.15, -0.1) is 0 Å². The minimum absolute atomic E-state index is 0.191. The van der Waals surface area contributed by atoms with Gasteiger partial charge >= 0.3 is 0 Å². The second kappa shape index (κ2) is 9.55. The molecule has 7 nitrogen and oxygen atoms in total. The maximum absolute atomic E-state index is 13.1. The number of amides is 2. The quantitative estimate of drug-likeness (QED) is 0.480. The van der Waals surface area contributed by atoms with E-state index in [1.165, 1.54) is 0 Å². The number of furan rings is 1. The molecule has 3 N–H and O–H groups in total. The van der Waals surface area contributed by atoms with Crippen LogP contribution < -0.4 is 5.32 Å². The summed E-state index contributed by atoms with van der Waals surface area (Å²) < 4.78 is 5.62. The Morgan fingerprint density at radius 3 is 2.41 bits per heavy atom. The number of aliphatic hydroxyl groups is 2. The number of fused-ring (bicyclic) bond motifs is 2. The first-order valence-electron chi connectivity index (χ1n) is 12.5. The van der Waals surface area contributed by atoms with Crippen molar-refractivity contribution in [3.63, 3.8) is 0 Å². The summed E-state index contributed by atoms with van der Waals surface area (Å²) in [7, 11) is 0. The van der Waals surface area contributed by atoms with Gasteiger partial charge in [-0.2, -0.15) is 0 Å². The molecular formula is C30H30N2O5. The van der Waals surface area contributed by atoms with Crippen LogP contribution in [0.15, 0.2) is 71.1 Å². The first kappa shape index (κ1) is 24.8. The van der Waals surface area contributed by atoms with E-state index in [4.69, 9.17) is 4.42 Å². The Balaban J connectivity index is 1.32. The average molecular weight is 499 g/mol. The summed E-state index contributed by atoms with van der Waals surface area (Å²) in [6.07, 6.45) is 0.295. The van der Waals surface area contributed by atoms with Gasteiger partial charge in [0.2, 0.25) is 0 Å². The third-order valence-electron chi connectivity index (χ3n) is 7.29. The second-order valence-electron chi connectivity index (χ2n) is 10.3. The number of rotatable bonds is 3. The lowest BCUT2D eigenvalue weighted by molar-refractivity contribution is 0.0190. The number of carbonyl (C=O) groups excluding carboxylic acids is 2. The second-order valence-corrected chi connectivity index (χ2v) is 10.3. The molecule has 0 unspecified atom stereocenters. The van der Waals surface area contributed by atoms with Gasteiger partial charge in [0.25, 0.3) is 11.8 Å². The van der Waals surface area contributed by atoms with Gasteiger partial charge in [-0.05, 0) is 68.0 Å². The van der Waals surface area contributed by atoms with Crippen molar-refractivity contribution >= 4 is 11.8 Å². The van der Waals surface area contributed by atoms with Gasteiger partial charge in [0.15, 0.2) is 11.5 Å². The van der Waals surface area contributed by atoms with Gasteiger partial charge in [0, 0.05) is 24.1 Å². The summed E-state index contributed by atoms with van der Waals surface area (Å²) in [4.78, 5) is 27.8. The molecule has 5 rings (SSSR count). The highest BCUT2D eigenvalue weighted by Gasteiger charge is 2.53. The predicted octanol–water partition coefficient (Wildman–Crippen LogP) is 3.42. The van der Waals surface area contributed by atoms with Crippen LogP contribution in [0, 0.1) is 11.8 Å². The predicted molar refractivity (Wildman–Crippen MR) is 138 cm³/mol. The van der Waals surface area contributed by atoms with Crippen LogP contribution in [0.3, 0.4) is 0 Å². The van der Waals surface area contributed by atoms with Crippen LogP contribution in [-0.4, -0.2) is 51.7 Å². The standard InChI is InChI=1S/C30H30N2O5/c1-29(2,36)15-14-21-12-13-24(37-21)28(35)32-18-16-30(17-19-32)23-11-7-6-10-22(23)25(26(30)33)31-27(34)20-8-4-3-5-9-20/h3-13,25-26,33,36H,16-19H2,1-2H3,(H,31,34)/t25-,26+/m1/s1. The summed E-state index contributed by atoms with van der Waals surface area (Å²) in [6.45, 7) is 4.03. The third-order valence-corrected chi connectivity index (χ3v) is 7.29. The highest BCUT2D eigenvalue weighted by molar-refractivity contribution is 5.94. The third kappa shape index (κ3) is 4.78. The molecule has 1 fully saturated rings. The normalized spacial score (nSPS) is 20.2. The largest absolute Gasteiger partial charge is 0.443 e. The molecule has 2 aromatic carbocycles. The smallest absolute Gasteiger partial charge is 0.289 e. The van der Waals surface area contributed by atoms with E-state index in [9.17, 15) is 19.8 Å². The zero-order valence-electron chi connectivity index (χ0n) is 20.9. The first-order valence-corrected chi connectivity index (χ1v) is 12.5. The molecule has 37 heavy (non-hydrogen) atoms. The van der Waals surface area contributed by atoms with E-state index in [1.54, 1.807) is 43.0 Å². The molecule has 0 radical (unpaired) electrons. The Labute approximate surface area is 216 Å². The van der Waals surface area contributed by atoms with Crippen LogP contribution in [0.2, 0.25) is 0 Å². The maximum Gasteiger partial charge on any atom is 0.289 e. The van der Waals surface area contributed by atoms with Gasteiger partial charge in [-0.25, -0.2) is 0 Å². The number of hydrogen-bond acceptors (Lipinski definition) is 5. The van der Waals surface area contributed by atoms with Gasteiger partial charge in [-0.1, -0.05) is 48.4 Å². The van der Waals surface area contributed by atoms with Crippen molar-refractivity contribution in [3.05, 3.63) is 94.9 Å². The fourth-order valence-electron chi connectivity index (χ4n) is 5.41. The van der Waals surface area contributed by atoms with Gasteiger partial charge in [0.05, 0.1) is 12.1 Å². The molecule has 2 atom stereocenters. The van der Waals surface area contributed by atoms with Crippen molar-refractivity contribution in [1.29, 1.82) is 0 Å². The maximum atomic E-state index is 13.1. The summed E-state index contributed by atoms with van der Waals surface area (Å²) in [5.74, 6) is 5.46. The van der Waals surface area contributed by atoms with Crippen molar-refractivity contribution in [3.8, 4) is 11.8 Å². The Morgan fingerprint density at radius 1 is 1.03 bits per heavy atom. The molecule has 1 aliphatic heterocycles. The summed E-state index contributed by atoms with van der Waals surface area (Å²) >= 11 is 0. The Bertz CT molecular complexity index is 1370. The minimum Gasteiger partial charge on any atom is -0.443 e. The number of aliphatic hydroxyl groups excluding tert-OH is 1.